The van der Waals surface area contributed by atoms with E-state index in [4.69, 9.17) is 21.7 Å². The van der Waals surface area contributed by atoms with E-state index in [1.54, 1.807) is 11.9 Å². The monoisotopic (exact) mass is 486 g/mol. The molecule has 0 saturated carbocycles. The molecular weight excluding hydrogens is 456 g/mol. The summed E-state index contributed by atoms with van der Waals surface area (Å²) in [6, 6.07) is 18.3. The number of hydrogen-bond donors (Lipinski definition) is 1. The Labute approximate surface area is 206 Å². The van der Waals surface area contributed by atoms with E-state index >= 15 is 0 Å². The summed E-state index contributed by atoms with van der Waals surface area (Å²) in [5, 5.41) is 12.7. The summed E-state index contributed by atoms with van der Waals surface area (Å²) in [6.07, 6.45) is 2.23. The average Bonchev–Trinajstić information content (AvgIpc) is 3.37. The molecule has 33 heavy (non-hydrogen) atoms. The Morgan fingerprint density at radius 1 is 1.18 bits per heavy atom. The van der Waals surface area contributed by atoms with Crippen LogP contribution < -0.4 is 5.32 Å². The number of carbonyl (C=O) groups is 2. The van der Waals surface area contributed by atoms with E-state index < -0.39 is 0 Å². The lowest BCUT2D eigenvalue weighted by molar-refractivity contribution is -0.0980. The van der Waals surface area contributed by atoms with Gasteiger partial charge in [-0.2, -0.15) is 5.26 Å². The lowest BCUT2D eigenvalue weighted by atomic mass is 10.1. The molecule has 176 valence electrons. The third kappa shape index (κ3) is 8.17. The second kappa shape index (κ2) is 14.0. The molecule has 4 rings (SSSR count). The Morgan fingerprint density at radius 3 is 2.39 bits per heavy atom. The molecule has 0 aromatic heterocycles. The van der Waals surface area contributed by atoms with E-state index in [-0.39, 0.29) is 11.8 Å². The zero-order valence-electron chi connectivity index (χ0n) is 19.2. The quantitative estimate of drug-likeness (QED) is 0.610. The van der Waals surface area contributed by atoms with Crippen LogP contribution in [0.1, 0.15) is 41.7 Å². The molecule has 0 bridgehead atoms. The van der Waals surface area contributed by atoms with Crippen LogP contribution in [0.15, 0.2) is 53.4 Å². The van der Waals surface area contributed by atoms with Gasteiger partial charge in [-0.05, 0) is 74.7 Å². The third-order valence-corrected chi connectivity index (χ3v) is 6.82. The molecule has 2 aromatic carbocycles. The minimum atomic E-state index is 0.142. The molecule has 1 N–H and O–H groups in total. The smallest absolute Gasteiger partial charge is 0.253 e. The van der Waals surface area contributed by atoms with Gasteiger partial charge in [-0.15, -0.1) is 0 Å². The summed E-state index contributed by atoms with van der Waals surface area (Å²) in [4.78, 5) is 23.3. The maximum absolute atomic E-state index is 12.3. The first kappa shape index (κ1) is 26.9. The van der Waals surface area contributed by atoms with Gasteiger partial charge in [0, 0.05) is 47.7 Å². The predicted molar refractivity (Wildman–Crippen MR) is 134 cm³/mol. The van der Waals surface area contributed by atoms with Crippen LogP contribution in [0.3, 0.4) is 0 Å². The van der Waals surface area contributed by atoms with Gasteiger partial charge < -0.3 is 15.0 Å². The topological polar surface area (TPSA) is 76.4 Å². The Morgan fingerprint density at radius 2 is 1.82 bits per heavy atom. The molecule has 2 aromatic rings. The summed E-state index contributed by atoms with van der Waals surface area (Å²) in [7, 11) is 1.94. The summed E-state index contributed by atoms with van der Waals surface area (Å²) in [6.45, 7) is 7.50. The molecule has 1 atom stereocenters. The fourth-order valence-corrected chi connectivity index (χ4v) is 4.70. The number of nitriles is 1. The summed E-state index contributed by atoms with van der Waals surface area (Å²) in [5.41, 5.74) is 2.03. The Bertz CT molecular complexity index is 923. The van der Waals surface area contributed by atoms with Crippen LogP contribution in [0.5, 0.6) is 0 Å². The number of rotatable bonds is 5. The van der Waals surface area contributed by atoms with Crippen molar-refractivity contribution in [3.05, 3.63) is 64.7 Å². The fraction of sp³-hybridized carbons (Fsp3) is 0.400. The molecule has 2 aliphatic heterocycles. The number of amides is 1. The molecule has 2 saturated heterocycles. The van der Waals surface area contributed by atoms with E-state index in [1.165, 1.54) is 5.56 Å². The number of likely N-dealkylation sites (tertiary alicyclic amines) is 1. The van der Waals surface area contributed by atoms with Crippen molar-refractivity contribution >= 4 is 36.2 Å². The van der Waals surface area contributed by atoms with Gasteiger partial charge in [-0.25, -0.2) is 4.31 Å². The molecular formula is C25H31ClN4O2S. The number of carbonyl (C=O) groups excluding carboxylic acids is 2. The molecule has 1 amide bonds. The molecule has 2 heterocycles. The van der Waals surface area contributed by atoms with E-state index in [0.717, 1.165) is 54.5 Å². The fourth-order valence-electron chi connectivity index (χ4n) is 3.45. The molecule has 0 spiro atoms. The molecule has 8 heteroatoms. The highest BCUT2D eigenvalue weighted by atomic mass is 35.5. The predicted octanol–water partition coefficient (Wildman–Crippen LogP) is 4.82. The van der Waals surface area contributed by atoms with Crippen molar-refractivity contribution < 1.29 is 9.59 Å². The highest BCUT2D eigenvalue weighted by Gasteiger charge is 2.27. The lowest BCUT2D eigenvalue weighted by Gasteiger charge is -2.33. The van der Waals surface area contributed by atoms with Crippen LogP contribution in [-0.4, -0.2) is 55.1 Å². The van der Waals surface area contributed by atoms with E-state index in [1.807, 2.05) is 67.3 Å². The highest BCUT2D eigenvalue weighted by molar-refractivity contribution is 7.97. The van der Waals surface area contributed by atoms with Crippen molar-refractivity contribution in [2.24, 2.45) is 5.92 Å². The molecule has 2 fully saturated rings. The molecule has 0 radical (unpaired) electrons. The van der Waals surface area contributed by atoms with E-state index in [9.17, 15) is 4.79 Å². The first-order valence-electron chi connectivity index (χ1n) is 10.9. The normalized spacial score (nSPS) is 16.4. The van der Waals surface area contributed by atoms with Crippen LogP contribution in [0.4, 0.5) is 0 Å². The number of benzene rings is 2. The zero-order chi connectivity index (χ0) is 24.2. The SMILES string of the molecule is C=O.CNC(C)c1ccc(Cl)cc1.N#CC1CN(Sc2cccc(C(=O)N3CCCC3)c2)C1. The van der Waals surface area contributed by atoms with Crippen LogP contribution in [0, 0.1) is 17.2 Å². The minimum Gasteiger partial charge on any atom is -0.339 e. The van der Waals surface area contributed by atoms with Crippen LogP contribution in [0.25, 0.3) is 0 Å². The summed E-state index contributed by atoms with van der Waals surface area (Å²) in [5.74, 6) is 0.306. The zero-order valence-corrected chi connectivity index (χ0v) is 20.7. The van der Waals surface area contributed by atoms with Gasteiger partial charge in [0.05, 0.1) is 12.0 Å². The van der Waals surface area contributed by atoms with Gasteiger partial charge in [0.2, 0.25) is 0 Å². The van der Waals surface area contributed by atoms with Crippen molar-refractivity contribution in [1.29, 1.82) is 5.26 Å². The van der Waals surface area contributed by atoms with E-state index in [2.05, 4.69) is 22.6 Å². The van der Waals surface area contributed by atoms with Gasteiger partial charge in [-0.3, -0.25) is 4.79 Å². The largest absolute Gasteiger partial charge is 0.339 e. The Hall–Kier alpha value is -2.37. The first-order valence-corrected chi connectivity index (χ1v) is 12.1. The molecule has 6 nitrogen and oxygen atoms in total. The standard InChI is InChI=1S/C15H17N3OS.C9H12ClN.CH2O/c16-9-12-10-18(11-12)20-14-5-3-4-13(8-14)15(19)17-6-1-2-7-17;1-7(11-2)8-3-5-9(10)6-4-8;1-2/h3-5,8,12H,1-2,6-7,10-11H2;3-7,11H,1-2H3;1H2. The highest BCUT2D eigenvalue weighted by Crippen LogP contribution is 2.30. The summed E-state index contributed by atoms with van der Waals surface area (Å²) >= 11 is 7.37. The van der Waals surface area contributed by atoms with Gasteiger partial charge in [0.25, 0.3) is 5.91 Å². The maximum Gasteiger partial charge on any atom is 0.253 e. The van der Waals surface area contributed by atoms with Crippen molar-refractivity contribution in [2.45, 2.75) is 30.7 Å². The van der Waals surface area contributed by atoms with Gasteiger partial charge in [-0.1, -0.05) is 29.8 Å². The lowest BCUT2D eigenvalue weighted by Crippen LogP contribution is -2.40. The second-order valence-corrected chi connectivity index (χ2v) is 9.46. The van der Waals surface area contributed by atoms with Gasteiger partial charge in [0.15, 0.2) is 0 Å². The number of nitrogens with zero attached hydrogens (tertiary/aromatic N) is 3. The van der Waals surface area contributed by atoms with Gasteiger partial charge in [0.1, 0.15) is 6.79 Å². The Balaban J connectivity index is 0.000000252. The van der Waals surface area contributed by atoms with E-state index in [0.29, 0.717) is 6.04 Å². The number of halogens is 1. The molecule has 0 aliphatic carbocycles. The van der Waals surface area contributed by atoms with Crippen molar-refractivity contribution in [3.63, 3.8) is 0 Å². The van der Waals surface area contributed by atoms with Gasteiger partial charge >= 0.3 is 0 Å². The van der Waals surface area contributed by atoms with Crippen molar-refractivity contribution in [3.8, 4) is 6.07 Å². The number of nitrogens with one attached hydrogen (secondary N) is 1. The third-order valence-electron chi connectivity index (χ3n) is 5.54. The van der Waals surface area contributed by atoms with Crippen LogP contribution >= 0.6 is 23.5 Å². The maximum atomic E-state index is 12.3. The average molecular weight is 487 g/mol. The minimum absolute atomic E-state index is 0.142. The second-order valence-electron chi connectivity index (χ2n) is 7.85. The summed E-state index contributed by atoms with van der Waals surface area (Å²) < 4.78 is 2.16. The number of hydrogen-bond acceptors (Lipinski definition) is 6. The first-order chi connectivity index (χ1) is 16.0. The van der Waals surface area contributed by atoms with Crippen molar-refractivity contribution in [2.75, 3.05) is 33.2 Å². The van der Waals surface area contributed by atoms with Crippen molar-refractivity contribution in [1.82, 2.24) is 14.5 Å². The van der Waals surface area contributed by atoms with Crippen LogP contribution in [0.2, 0.25) is 5.02 Å². The van der Waals surface area contributed by atoms with Crippen LogP contribution in [-0.2, 0) is 4.79 Å². The Kier molecular flexibility index (Phi) is 11.4. The molecule has 2 aliphatic rings. The molecule has 1 unspecified atom stereocenters.